The van der Waals surface area contributed by atoms with E-state index in [4.69, 9.17) is 0 Å². The summed E-state index contributed by atoms with van der Waals surface area (Å²) in [7, 11) is 0. The van der Waals surface area contributed by atoms with E-state index < -0.39 is 0 Å². The maximum absolute atomic E-state index is 2.68. The Balaban J connectivity index is 1.75. The summed E-state index contributed by atoms with van der Waals surface area (Å²) in [5.41, 5.74) is 0. The second kappa shape index (κ2) is 6.55. The Bertz CT molecular complexity index is 241. The van der Waals surface area contributed by atoms with Crippen molar-refractivity contribution in [2.45, 2.75) is 45.6 Å². The van der Waals surface area contributed by atoms with Gasteiger partial charge < -0.3 is 4.90 Å². The van der Waals surface area contributed by atoms with Gasteiger partial charge in [0.2, 0.25) is 0 Å². The molecule has 2 heterocycles. The van der Waals surface area contributed by atoms with Crippen molar-refractivity contribution in [3.05, 3.63) is 12.2 Å². The van der Waals surface area contributed by atoms with Gasteiger partial charge in [0.1, 0.15) is 0 Å². The lowest BCUT2D eigenvalue weighted by Gasteiger charge is -2.27. The van der Waals surface area contributed by atoms with Gasteiger partial charge in [-0.25, -0.2) is 0 Å². The summed E-state index contributed by atoms with van der Waals surface area (Å²) < 4.78 is 0. The lowest BCUT2D eigenvalue weighted by Crippen LogP contribution is -2.39. The molecule has 1 atom stereocenters. The molecule has 17 heavy (non-hydrogen) atoms. The number of hydrogen-bond acceptors (Lipinski definition) is 2. The average Bonchev–Trinajstić information content (AvgIpc) is 2.91. The molecule has 2 nitrogen and oxygen atoms in total. The molecule has 0 N–H and O–H groups in total. The zero-order valence-corrected chi connectivity index (χ0v) is 11.6. The third kappa shape index (κ3) is 4.11. The van der Waals surface area contributed by atoms with Crippen LogP contribution in [0.25, 0.3) is 0 Å². The summed E-state index contributed by atoms with van der Waals surface area (Å²) in [4.78, 5) is 5.34. The molecular formula is C15H28N2. The zero-order valence-electron chi connectivity index (χ0n) is 11.6. The number of hydrogen-bond donors (Lipinski definition) is 0. The predicted octanol–water partition coefficient (Wildman–Crippen LogP) is 2.76. The smallest absolute Gasteiger partial charge is 0.0226 e. The molecule has 2 fully saturated rings. The van der Waals surface area contributed by atoms with E-state index in [0.29, 0.717) is 5.92 Å². The van der Waals surface area contributed by atoms with E-state index in [-0.39, 0.29) is 0 Å². The number of nitrogens with zero attached hydrogens (tertiary/aromatic N) is 2. The topological polar surface area (TPSA) is 6.48 Å². The Morgan fingerprint density at radius 2 is 1.88 bits per heavy atom. The Labute approximate surface area is 107 Å². The van der Waals surface area contributed by atoms with Gasteiger partial charge in [-0.2, -0.15) is 0 Å². The highest BCUT2D eigenvalue weighted by Gasteiger charge is 2.26. The van der Waals surface area contributed by atoms with Crippen LogP contribution in [-0.2, 0) is 0 Å². The second-order valence-electron chi connectivity index (χ2n) is 5.97. The molecule has 98 valence electrons. The lowest BCUT2D eigenvalue weighted by molar-refractivity contribution is 0.205. The van der Waals surface area contributed by atoms with Crippen LogP contribution in [0.5, 0.6) is 0 Å². The standard InChI is InChI=1S/C15H28N2/c1-14(2)7-5-11-17-12-6-8-15(17)13-16-9-3-4-10-16/h5,7,14-15H,3-4,6,8-13H2,1-2H3/t15-/m0/s1. The molecule has 2 aliphatic rings. The van der Waals surface area contributed by atoms with E-state index in [2.05, 4.69) is 35.8 Å². The monoisotopic (exact) mass is 236 g/mol. The quantitative estimate of drug-likeness (QED) is 0.677. The van der Waals surface area contributed by atoms with Crippen molar-refractivity contribution in [2.75, 3.05) is 32.7 Å². The molecule has 0 aliphatic carbocycles. The fraction of sp³-hybridized carbons (Fsp3) is 0.867. The molecule has 0 saturated carbocycles. The highest BCUT2D eigenvalue weighted by Crippen LogP contribution is 2.20. The summed E-state index contributed by atoms with van der Waals surface area (Å²) >= 11 is 0. The Kier molecular flexibility index (Phi) is 5.05. The van der Waals surface area contributed by atoms with Gasteiger partial charge in [-0.1, -0.05) is 26.0 Å². The van der Waals surface area contributed by atoms with Crippen LogP contribution in [-0.4, -0.2) is 48.6 Å². The first-order valence-electron chi connectivity index (χ1n) is 7.39. The maximum Gasteiger partial charge on any atom is 0.0226 e. The minimum Gasteiger partial charge on any atom is -0.302 e. The average molecular weight is 236 g/mol. The molecule has 2 rings (SSSR count). The van der Waals surface area contributed by atoms with Gasteiger partial charge in [-0.15, -0.1) is 0 Å². The van der Waals surface area contributed by atoms with E-state index in [1.54, 1.807) is 0 Å². The molecule has 0 aromatic carbocycles. The summed E-state index contributed by atoms with van der Waals surface area (Å²) in [5, 5.41) is 0. The van der Waals surface area contributed by atoms with Gasteiger partial charge in [-0.05, 0) is 51.2 Å². The maximum atomic E-state index is 2.68. The first-order chi connectivity index (χ1) is 8.25. The highest BCUT2D eigenvalue weighted by molar-refractivity contribution is 4.92. The predicted molar refractivity (Wildman–Crippen MR) is 74.2 cm³/mol. The van der Waals surface area contributed by atoms with E-state index in [9.17, 15) is 0 Å². The largest absolute Gasteiger partial charge is 0.302 e. The zero-order chi connectivity index (χ0) is 12.1. The molecule has 2 heteroatoms. The first kappa shape index (κ1) is 13.1. The normalized spacial score (nSPS) is 27.8. The van der Waals surface area contributed by atoms with Crippen molar-refractivity contribution >= 4 is 0 Å². The summed E-state index contributed by atoms with van der Waals surface area (Å²) in [5.74, 6) is 0.689. The van der Waals surface area contributed by atoms with Gasteiger partial charge >= 0.3 is 0 Å². The molecule has 2 saturated heterocycles. The van der Waals surface area contributed by atoms with Crippen molar-refractivity contribution < 1.29 is 0 Å². The third-order valence-corrected chi connectivity index (χ3v) is 4.03. The number of allylic oxidation sites excluding steroid dienone is 1. The minimum atomic E-state index is 0.689. The van der Waals surface area contributed by atoms with Crippen LogP contribution in [0.2, 0.25) is 0 Å². The molecule has 0 aromatic heterocycles. The van der Waals surface area contributed by atoms with E-state index in [1.807, 2.05) is 0 Å². The molecule has 2 aliphatic heterocycles. The Morgan fingerprint density at radius 1 is 1.12 bits per heavy atom. The van der Waals surface area contributed by atoms with Gasteiger partial charge in [0.05, 0.1) is 0 Å². The molecule has 0 unspecified atom stereocenters. The van der Waals surface area contributed by atoms with E-state index >= 15 is 0 Å². The Hall–Kier alpha value is -0.340. The van der Waals surface area contributed by atoms with Crippen LogP contribution in [0, 0.1) is 5.92 Å². The highest BCUT2D eigenvalue weighted by atomic mass is 15.2. The number of rotatable bonds is 5. The van der Waals surface area contributed by atoms with Crippen molar-refractivity contribution in [3.63, 3.8) is 0 Å². The molecular weight excluding hydrogens is 208 g/mol. The van der Waals surface area contributed by atoms with Gasteiger partial charge in [0, 0.05) is 19.1 Å². The van der Waals surface area contributed by atoms with Crippen molar-refractivity contribution in [3.8, 4) is 0 Å². The van der Waals surface area contributed by atoms with Crippen molar-refractivity contribution in [2.24, 2.45) is 5.92 Å². The van der Waals surface area contributed by atoms with Crippen LogP contribution >= 0.6 is 0 Å². The molecule has 0 spiro atoms. The van der Waals surface area contributed by atoms with Crippen LogP contribution < -0.4 is 0 Å². The van der Waals surface area contributed by atoms with Crippen molar-refractivity contribution in [1.29, 1.82) is 0 Å². The van der Waals surface area contributed by atoms with E-state index in [1.165, 1.54) is 51.9 Å². The van der Waals surface area contributed by atoms with Crippen molar-refractivity contribution in [1.82, 2.24) is 9.80 Å². The minimum absolute atomic E-state index is 0.689. The lowest BCUT2D eigenvalue weighted by atomic mass is 10.2. The molecule has 0 amide bonds. The van der Waals surface area contributed by atoms with Crippen LogP contribution in [0.4, 0.5) is 0 Å². The Morgan fingerprint density at radius 3 is 2.59 bits per heavy atom. The summed E-state index contributed by atoms with van der Waals surface area (Å²) in [6.07, 6.45) is 10.3. The van der Waals surface area contributed by atoms with E-state index in [0.717, 1.165) is 12.6 Å². The molecule has 0 aromatic rings. The van der Waals surface area contributed by atoms with Crippen LogP contribution in [0.1, 0.15) is 39.5 Å². The summed E-state index contributed by atoms with van der Waals surface area (Å²) in [6.45, 7) is 11.0. The fourth-order valence-corrected chi connectivity index (χ4v) is 3.07. The fourth-order valence-electron chi connectivity index (χ4n) is 3.07. The van der Waals surface area contributed by atoms with Crippen LogP contribution in [0.15, 0.2) is 12.2 Å². The van der Waals surface area contributed by atoms with Gasteiger partial charge in [0.15, 0.2) is 0 Å². The second-order valence-corrected chi connectivity index (χ2v) is 5.97. The SMILES string of the molecule is CC(C)C=CCN1CCC[C@H]1CN1CCCC1. The van der Waals surface area contributed by atoms with Crippen LogP contribution in [0.3, 0.4) is 0 Å². The van der Waals surface area contributed by atoms with Gasteiger partial charge in [-0.3, -0.25) is 4.90 Å². The van der Waals surface area contributed by atoms with Gasteiger partial charge in [0.25, 0.3) is 0 Å². The third-order valence-electron chi connectivity index (χ3n) is 4.03. The molecule has 0 radical (unpaired) electrons. The number of likely N-dealkylation sites (tertiary alicyclic amines) is 2. The first-order valence-corrected chi connectivity index (χ1v) is 7.39. The molecule has 0 bridgehead atoms. The summed E-state index contributed by atoms with van der Waals surface area (Å²) in [6, 6.07) is 0.824.